The number of carbonyl (C=O) groups is 2. The summed E-state index contributed by atoms with van der Waals surface area (Å²) >= 11 is 5.89. The van der Waals surface area contributed by atoms with Crippen molar-refractivity contribution < 1.29 is 18.7 Å². The molecule has 0 unspecified atom stereocenters. The molecule has 0 aliphatic heterocycles. The average Bonchev–Trinajstić information content (AvgIpc) is 2.52. The Labute approximate surface area is 157 Å². The molecule has 1 amide bonds. The number of carbonyl (C=O) groups excluding carboxylic acids is 2. The molecule has 0 spiro atoms. The van der Waals surface area contributed by atoms with Crippen LogP contribution in [-0.2, 0) is 9.53 Å². The maximum absolute atomic E-state index is 13.9. The zero-order chi connectivity index (χ0) is 18.5. The highest BCUT2D eigenvalue weighted by atomic mass is 35.5. The van der Waals surface area contributed by atoms with Crippen LogP contribution in [0.4, 0.5) is 4.39 Å². The third-order valence-corrected chi connectivity index (χ3v) is 6.56. The molecule has 4 fully saturated rings. The zero-order valence-electron chi connectivity index (χ0n) is 14.8. The molecule has 0 saturated heterocycles. The largest absolute Gasteiger partial charge is 0.449 e. The summed E-state index contributed by atoms with van der Waals surface area (Å²) < 4.78 is 19.1. The molecule has 140 valence electrons. The highest BCUT2D eigenvalue weighted by molar-refractivity contribution is 6.33. The van der Waals surface area contributed by atoms with Crippen LogP contribution in [0.1, 0.15) is 55.8 Å². The Bertz CT molecular complexity index is 695. The Balaban J connectivity index is 1.42. The standard InChI is InChI=1S/C20H23ClFNO3/c1-11(26-19(25)17-15(21)3-2-4-16(17)22)18(24)23-20-8-12-5-13(9-20)7-14(6-12)10-20/h2-4,11-14H,5-10H2,1H3,(H,23,24)/t11-,12?,13?,14?,20?/m0/s1. The summed E-state index contributed by atoms with van der Waals surface area (Å²) in [6.07, 6.45) is 5.91. The van der Waals surface area contributed by atoms with Crippen LogP contribution >= 0.6 is 11.6 Å². The maximum atomic E-state index is 13.9. The average molecular weight is 380 g/mol. The third-order valence-electron chi connectivity index (χ3n) is 6.25. The quantitative estimate of drug-likeness (QED) is 0.801. The minimum absolute atomic E-state index is 0.0244. The van der Waals surface area contributed by atoms with Crippen molar-refractivity contribution >= 4 is 23.5 Å². The second-order valence-corrected chi connectivity index (χ2v) is 8.74. The van der Waals surface area contributed by atoms with E-state index in [-0.39, 0.29) is 22.0 Å². The molecule has 5 rings (SSSR count). The van der Waals surface area contributed by atoms with Gasteiger partial charge in [0.1, 0.15) is 11.4 Å². The Morgan fingerprint density at radius 3 is 2.31 bits per heavy atom. The van der Waals surface area contributed by atoms with Gasteiger partial charge in [-0.15, -0.1) is 0 Å². The third kappa shape index (κ3) is 3.22. The molecule has 4 aliphatic carbocycles. The predicted octanol–water partition coefficient (Wildman–Crippen LogP) is 4.11. The lowest BCUT2D eigenvalue weighted by molar-refractivity contribution is -0.134. The van der Waals surface area contributed by atoms with Gasteiger partial charge >= 0.3 is 5.97 Å². The van der Waals surface area contributed by atoms with Gasteiger partial charge in [-0.2, -0.15) is 0 Å². The first-order valence-electron chi connectivity index (χ1n) is 9.32. The Hall–Kier alpha value is -1.62. The predicted molar refractivity (Wildman–Crippen MR) is 95.3 cm³/mol. The van der Waals surface area contributed by atoms with E-state index >= 15 is 0 Å². The van der Waals surface area contributed by atoms with Crippen LogP contribution in [0.5, 0.6) is 0 Å². The van der Waals surface area contributed by atoms with Gasteiger partial charge in [0.25, 0.3) is 5.91 Å². The number of halogens is 2. The number of hydrogen-bond donors (Lipinski definition) is 1. The van der Waals surface area contributed by atoms with Gasteiger partial charge in [0.15, 0.2) is 6.10 Å². The minimum atomic E-state index is -0.994. The first-order valence-corrected chi connectivity index (χ1v) is 9.70. The number of esters is 1. The first kappa shape index (κ1) is 17.8. The summed E-state index contributed by atoms with van der Waals surface area (Å²) in [6.45, 7) is 1.52. The Kier molecular flexibility index (Phi) is 4.46. The Morgan fingerprint density at radius 1 is 1.19 bits per heavy atom. The van der Waals surface area contributed by atoms with Gasteiger partial charge in [-0.05, 0) is 75.3 Å². The van der Waals surface area contributed by atoms with Crippen LogP contribution in [0.25, 0.3) is 0 Å². The van der Waals surface area contributed by atoms with Crippen molar-refractivity contribution in [1.82, 2.24) is 5.32 Å². The van der Waals surface area contributed by atoms with Crippen molar-refractivity contribution in [3.05, 3.63) is 34.6 Å². The second kappa shape index (κ2) is 6.52. The van der Waals surface area contributed by atoms with E-state index in [9.17, 15) is 14.0 Å². The first-order chi connectivity index (χ1) is 12.3. The van der Waals surface area contributed by atoms with Crippen LogP contribution in [0, 0.1) is 23.6 Å². The fourth-order valence-corrected chi connectivity index (χ4v) is 5.83. The van der Waals surface area contributed by atoms with Crippen molar-refractivity contribution in [3.8, 4) is 0 Å². The van der Waals surface area contributed by atoms with Gasteiger partial charge in [0, 0.05) is 5.54 Å². The Morgan fingerprint density at radius 2 is 1.77 bits per heavy atom. The van der Waals surface area contributed by atoms with Gasteiger partial charge < -0.3 is 10.1 Å². The van der Waals surface area contributed by atoms with Gasteiger partial charge in [-0.1, -0.05) is 17.7 Å². The molecular formula is C20H23ClFNO3. The molecule has 6 heteroatoms. The maximum Gasteiger partial charge on any atom is 0.343 e. The van der Waals surface area contributed by atoms with E-state index in [1.54, 1.807) is 0 Å². The molecule has 4 nitrogen and oxygen atoms in total. The van der Waals surface area contributed by atoms with E-state index in [1.165, 1.54) is 38.3 Å². The molecule has 0 heterocycles. The van der Waals surface area contributed by atoms with Crippen molar-refractivity contribution in [2.75, 3.05) is 0 Å². The number of rotatable bonds is 4. The summed E-state index contributed by atoms with van der Waals surface area (Å²) in [5.74, 6) is 0.134. The molecule has 1 aromatic carbocycles. The van der Waals surface area contributed by atoms with E-state index in [2.05, 4.69) is 5.32 Å². The monoisotopic (exact) mass is 379 g/mol. The molecule has 1 aromatic rings. The molecule has 1 N–H and O–H groups in total. The van der Waals surface area contributed by atoms with Crippen molar-refractivity contribution in [1.29, 1.82) is 0 Å². The molecule has 4 saturated carbocycles. The van der Waals surface area contributed by atoms with Crippen LogP contribution in [0.2, 0.25) is 5.02 Å². The molecule has 0 aromatic heterocycles. The summed E-state index contributed by atoms with van der Waals surface area (Å²) in [6, 6.07) is 3.97. The smallest absolute Gasteiger partial charge is 0.343 e. The fraction of sp³-hybridized carbons (Fsp3) is 0.600. The minimum Gasteiger partial charge on any atom is -0.449 e. The molecule has 0 radical (unpaired) electrons. The molecule has 1 atom stereocenters. The van der Waals surface area contributed by atoms with Gasteiger partial charge in [0.05, 0.1) is 5.02 Å². The van der Waals surface area contributed by atoms with Crippen LogP contribution in [-0.4, -0.2) is 23.5 Å². The van der Waals surface area contributed by atoms with Crippen LogP contribution < -0.4 is 5.32 Å². The fourth-order valence-electron chi connectivity index (χ4n) is 5.59. The summed E-state index contributed by atoms with van der Waals surface area (Å²) in [5.41, 5.74) is -0.481. The molecule has 4 aliphatic rings. The number of benzene rings is 1. The highest BCUT2D eigenvalue weighted by Crippen LogP contribution is 2.55. The SMILES string of the molecule is C[C@H](OC(=O)c1c(F)cccc1Cl)C(=O)NC12CC3CC(CC(C3)C1)C2. The van der Waals surface area contributed by atoms with Gasteiger partial charge in [0.2, 0.25) is 0 Å². The summed E-state index contributed by atoms with van der Waals surface area (Å²) in [7, 11) is 0. The lowest BCUT2D eigenvalue weighted by Crippen LogP contribution is -2.61. The van der Waals surface area contributed by atoms with Crippen LogP contribution in [0.3, 0.4) is 0 Å². The lowest BCUT2D eigenvalue weighted by Gasteiger charge is -2.57. The number of ether oxygens (including phenoxy) is 1. The van der Waals surface area contributed by atoms with E-state index in [0.717, 1.165) is 25.3 Å². The highest BCUT2D eigenvalue weighted by Gasteiger charge is 2.51. The van der Waals surface area contributed by atoms with Crippen LogP contribution in [0.15, 0.2) is 18.2 Å². The summed E-state index contributed by atoms with van der Waals surface area (Å²) in [5, 5.41) is 3.14. The number of hydrogen-bond acceptors (Lipinski definition) is 3. The lowest BCUT2D eigenvalue weighted by atomic mass is 9.53. The summed E-state index contributed by atoms with van der Waals surface area (Å²) in [4.78, 5) is 24.9. The van der Waals surface area contributed by atoms with Crippen molar-refractivity contribution in [2.24, 2.45) is 17.8 Å². The number of nitrogens with one attached hydrogen (secondary N) is 1. The molecule has 26 heavy (non-hydrogen) atoms. The van der Waals surface area contributed by atoms with E-state index < -0.39 is 17.9 Å². The topological polar surface area (TPSA) is 55.4 Å². The number of amides is 1. The molecule has 4 bridgehead atoms. The molecular weight excluding hydrogens is 357 g/mol. The van der Waals surface area contributed by atoms with Crippen molar-refractivity contribution in [3.63, 3.8) is 0 Å². The van der Waals surface area contributed by atoms with E-state index in [0.29, 0.717) is 17.8 Å². The second-order valence-electron chi connectivity index (χ2n) is 8.33. The van der Waals surface area contributed by atoms with Crippen molar-refractivity contribution in [2.45, 2.75) is 57.1 Å². The van der Waals surface area contributed by atoms with E-state index in [4.69, 9.17) is 16.3 Å². The van der Waals surface area contributed by atoms with Gasteiger partial charge in [-0.25, -0.2) is 9.18 Å². The van der Waals surface area contributed by atoms with E-state index in [1.807, 2.05) is 0 Å². The van der Waals surface area contributed by atoms with Gasteiger partial charge in [-0.3, -0.25) is 4.79 Å². The zero-order valence-corrected chi connectivity index (χ0v) is 15.5. The normalized spacial score (nSPS) is 33.0.